The molecule has 2 heteroatoms. The molecule has 2 nitrogen and oxygen atoms in total. The number of rotatable bonds is 0. The Balaban J connectivity index is 2.82. The summed E-state index contributed by atoms with van der Waals surface area (Å²) in [4.78, 5) is 3.22. The molecule has 1 heterocycles. The van der Waals surface area contributed by atoms with Crippen LogP contribution in [0.5, 0.6) is 0 Å². The minimum absolute atomic E-state index is 0.805. The highest BCUT2D eigenvalue weighted by molar-refractivity contribution is 5.83. The number of nitrogen functional groups attached to an aromatic ring is 1. The van der Waals surface area contributed by atoms with Crippen LogP contribution in [0.2, 0.25) is 0 Å². The molecule has 0 atom stereocenters. The molecule has 0 spiro atoms. The molecule has 0 fully saturated rings. The number of aryl methyl sites for hydroxylation is 1. The van der Waals surface area contributed by atoms with Crippen molar-refractivity contribution in [1.29, 1.82) is 0 Å². The normalized spacial score (nSPS) is 10.6. The van der Waals surface area contributed by atoms with Crippen LogP contribution >= 0.6 is 0 Å². The number of anilines is 1. The SMILES string of the molecule is Cc1cc2ccc(N)cc2[nH]1. The van der Waals surface area contributed by atoms with Gasteiger partial charge in [-0.25, -0.2) is 0 Å². The Labute approximate surface area is 65.0 Å². The number of benzene rings is 1. The maximum Gasteiger partial charge on any atom is 0.0476 e. The molecule has 0 amide bonds. The molecule has 3 N–H and O–H groups in total. The topological polar surface area (TPSA) is 41.8 Å². The van der Waals surface area contributed by atoms with E-state index in [0.717, 1.165) is 11.2 Å². The summed E-state index contributed by atoms with van der Waals surface area (Å²) in [6.07, 6.45) is 0. The van der Waals surface area contributed by atoms with Gasteiger partial charge in [0.15, 0.2) is 0 Å². The predicted octanol–water partition coefficient (Wildman–Crippen LogP) is 2.06. The first-order valence-corrected chi connectivity index (χ1v) is 3.60. The molecule has 2 aromatic rings. The van der Waals surface area contributed by atoms with Gasteiger partial charge in [-0.2, -0.15) is 0 Å². The Morgan fingerprint density at radius 2 is 2.09 bits per heavy atom. The maximum absolute atomic E-state index is 5.61. The fraction of sp³-hybridized carbons (Fsp3) is 0.111. The largest absolute Gasteiger partial charge is 0.399 e. The first-order valence-electron chi connectivity index (χ1n) is 3.60. The summed E-state index contributed by atoms with van der Waals surface area (Å²) in [5.41, 5.74) is 8.70. The predicted molar refractivity (Wildman–Crippen MR) is 47.4 cm³/mol. The lowest BCUT2D eigenvalue weighted by Gasteiger charge is -1.91. The number of hydrogen-bond acceptors (Lipinski definition) is 1. The van der Waals surface area contributed by atoms with E-state index in [1.165, 1.54) is 11.1 Å². The molecule has 0 radical (unpaired) electrons. The summed E-state index contributed by atoms with van der Waals surface area (Å²) in [6, 6.07) is 7.99. The zero-order valence-corrected chi connectivity index (χ0v) is 6.39. The molecule has 1 aromatic carbocycles. The first kappa shape index (κ1) is 6.28. The standard InChI is InChI=1S/C9H10N2/c1-6-4-7-2-3-8(10)5-9(7)11-6/h2-5,11H,10H2,1H3. The summed E-state index contributed by atoms with van der Waals surface area (Å²) in [7, 11) is 0. The van der Waals surface area contributed by atoms with Crippen molar-refractivity contribution in [2.24, 2.45) is 0 Å². The third-order valence-electron chi connectivity index (χ3n) is 1.78. The van der Waals surface area contributed by atoms with Gasteiger partial charge in [-0.05, 0) is 30.5 Å². The molecule has 0 aliphatic heterocycles. The van der Waals surface area contributed by atoms with Crippen molar-refractivity contribution in [3.05, 3.63) is 30.0 Å². The summed E-state index contributed by atoms with van der Waals surface area (Å²) in [5, 5.41) is 1.22. The zero-order valence-electron chi connectivity index (χ0n) is 6.39. The molecule has 0 aliphatic rings. The number of aromatic amines is 1. The van der Waals surface area contributed by atoms with E-state index in [1.807, 2.05) is 25.1 Å². The minimum Gasteiger partial charge on any atom is -0.399 e. The van der Waals surface area contributed by atoms with Crippen LogP contribution in [0.3, 0.4) is 0 Å². The second-order valence-corrected chi connectivity index (χ2v) is 2.80. The molecule has 0 saturated heterocycles. The van der Waals surface area contributed by atoms with Gasteiger partial charge in [0.2, 0.25) is 0 Å². The molecule has 11 heavy (non-hydrogen) atoms. The van der Waals surface area contributed by atoms with Gasteiger partial charge < -0.3 is 10.7 Å². The van der Waals surface area contributed by atoms with Crippen LogP contribution in [-0.2, 0) is 0 Å². The van der Waals surface area contributed by atoms with Crippen LogP contribution in [0, 0.1) is 6.92 Å². The number of aromatic nitrogens is 1. The highest BCUT2D eigenvalue weighted by atomic mass is 14.7. The Hall–Kier alpha value is -1.44. The van der Waals surface area contributed by atoms with Crippen LogP contribution in [0.1, 0.15) is 5.69 Å². The molecule has 1 aromatic heterocycles. The van der Waals surface area contributed by atoms with Crippen molar-refractivity contribution in [3.63, 3.8) is 0 Å². The molecule has 0 aliphatic carbocycles. The van der Waals surface area contributed by atoms with Crippen molar-refractivity contribution in [2.45, 2.75) is 6.92 Å². The molecular formula is C9H10N2. The number of fused-ring (bicyclic) bond motifs is 1. The number of nitrogens with two attached hydrogens (primary N) is 1. The lowest BCUT2D eigenvalue weighted by molar-refractivity contribution is 1.30. The maximum atomic E-state index is 5.61. The number of H-pyrrole nitrogens is 1. The van der Waals surface area contributed by atoms with Gasteiger partial charge in [0.1, 0.15) is 0 Å². The summed E-state index contributed by atoms with van der Waals surface area (Å²) in [6.45, 7) is 2.04. The van der Waals surface area contributed by atoms with Crippen LogP contribution < -0.4 is 5.73 Å². The fourth-order valence-corrected chi connectivity index (χ4v) is 1.29. The third-order valence-corrected chi connectivity index (χ3v) is 1.78. The second-order valence-electron chi connectivity index (χ2n) is 2.80. The van der Waals surface area contributed by atoms with Crippen molar-refractivity contribution >= 4 is 16.6 Å². The van der Waals surface area contributed by atoms with Crippen LogP contribution in [-0.4, -0.2) is 4.98 Å². The van der Waals surface area contributed by atoms with Crippen molar-refractivity contribution < 1.29 is 0 Å². The molecule has 0 bridgehead atoms. The molecule has 0 unspecified atom stereocenters. The van der Waals surface area contributed by atoms with Gasteiger partial charge in [0.05, 0.1) is 0 Å². The first-order chi connectivity index (χ1) is 5.25. The Bertz CT molecular complexity index is 387. The molecular weight excluding hydrogens is 136 g/mol. The van der Waals surface area contributed by atoms with Crippen molar-refractivity contribution in [2.75, 3.05) is 5.73 Å². The Kier molecular flexibility index (Phi) is 1.15. The minimum atomic E-state index is 0.805. The van der Waals surface area contributed by atoms with Gasteiger partial charge in [0, 0.05) is 16.9 Å². The zero-order chi connectivity index (χ0) is 7.84. The Morgan fingerprint density at radius 3 is 2.91 bits per heavy atom. The van der Waals surface area contributed by atoms with E-state index < -0.39 is 0 Å². The second kappa shape index (κ2) is 2.02. The van der Waals surface area contributed by atoms with E-state index in [4.69, 9.17) is 5.73 Å². The monoisotopic (exact) mass is 146 g/mol. The smallest absolute Gasteiger partial charge is 0.0476 e. The van der Waals surface area contributed by atoms with E-state index in [9.17, 15) is 0 Å². The van der Waals surface area contributed by atoms with Gasteiger partial charge in [0.25, 0.3) is 0 Å². The lowest BCUT2D eigenvalue weighted by atomic mass is 10.2. The number of hydrogen-bond donors (Lipinski definition) is 2. The third kappa shape index (κ3) is 0.963. The molecule has 56 valence electrons. The van der Waals surface area contributed by atoms with Gasteiger partial charge in [-0.15, -0.1) is 0 Å². The van der Waals surface area contributed by atoms with Gasteiger partial charge >= 0.3 is 0 Å². The van der Waals surface area contributed by atoms with E-state index in [-0.39, 0.29) is 0 Å². The van der Waals surface area contributed by atoms with Gasteiger partial charge in [-0.3, -0.25) is 0 Å². The van der Waals surface area contributed by atoms with E-state index in [1.54, 1.807) is 0 Å². The highest BCUT2D eigenvalue weighted by Gasteiger charge is 1.95. The quantitative estimate of drug-likeness (QED) is 0.549. The summed E-state index contributed by atoms with van der Waals surface area (Å²) < 4.78 is 0. The highest BCUT2D eigenvalue weighted by Crippen LogP contribution is 2.17. The van der Waals surface area contributed by atoms with Crippen LogP contribution in [0.4, 0.5) is 5.69 Å². The molecule has 2 rings (SSSR count). The average molecular weight is 146 g/mol. The fourth-order valence-electron chi connectivity index (χ4n) is 1.29. The summed E-state index contributed by atoms with van der Waals surface area (Å²) >= 11 is 0. The average Bonchev–Trinajstić information content (AvgIpc) is 2.27. The van der Waals surface area contributed by atoms with E-state index >= 15 is 0 Å². The lowest BCUT2D eigenvalue weighted by Crippen LogP contribution is -1.81. The van der Waals surface area contributed by atoms with E-state index in [2.05, 4.69) is 11.1 Å². The van der Waals surface area contributed by atoms with Gasteiger partial charge in [-0.1, -0.05) is 6.07 Å². The molecule has 0 saturated carbocycles. The van der Waals surface area contributed by atoms with Crippen molar-refractivity contribution in [1.82, 2.24) is 4.98 Å². The Morgan fingerprint density at radius 1 is 1.27 bits per heavy atom. The summed E-state index contributed by atoms with van der Waals surface area (Å²) in [5.74, 6) is 0. The van der Waals surface area contributed by atoms with Crippen LogP contribution in [0.25, 0.3) is 10.9 Å². The van der Waals surface area contributed by atoms with E-state index in [0.29, 0.717) is 0 Å². The van der Waals surface area contributed by atoms with Crippen LogP contribution in [0.15, 0.2) is 24.3 Å². The van der Waals surface area contributed by atoms with Crippen molar-refractivity contribution in [3.8, 4) is 0 Å². The number of nitrogens with one attached hydrogen (secondary N) is 1.